The Bertz CT molecular complexity index is 253. The third kappa shape index (κ3) is 17.6. The van der Waals surface area contributed by atoms with Crippen LogP contribution in [-0.2, 0) is 9.53 Å². The van der Waals surface area contributed by atoms with Crippen LogP contribution in [0.4, 0.5) is 0 Å². The highest BCUT2D eigenvalue weighted by Gasteiger charge is 2.10. The van der Waals surface area contributed by atoms with E-state index in [0.29, 0.717) is 6.61 Å². The van der Waals surface area contributed by atoms with Gasteiger partial charge >= 0.3 is 5.97 Å². The zero-order chi connectivity index (χ0) is 17.2. The molecule has 0 saturated heterocycles. The topological polar surface area (TPSA) is 46.5 Å². The van der Waals surface area contributed by atoms with E-state index in [4.69, 9.17) is 4.74 Å². The lowest BCUT2D eigenvalue weighted by Gasteiger charge is -2.09. The molecule has 0 amide bonds. The van der Waals surface area contributed by atoms with E-state index in [1.807, 2.05) is 0 Å². The molecule has 0 fully saturated rings. The number of aliphatic hydroxyl groups is 1. The first-order valence-electron chi connectivity index (χ1n) is 10.0. The molecule has 0 heterocycles. The Labute approximate surface area is 144 Å². The van der Waals surface area contributed by atoms with Crippen LogP contribution in [0.25, 0.3) is 0 Å². The van der Waals surface area contributed by atoms with E-state index in [0.717, 1.165) is 19.3 Å². The van der Waals surface area contributed by atoms with Gasteiger partial charge in [0.2, 0.25) is 0 Å². The molecule has 1 N–H and O–H groups in total. The van der Waals surface area contributed by atoms with E-state index < -0.39 is 6.10 Å². The van der Waals surface area contributed by atoms with Gasteiger partial charge in [-0.2, -0.15) is 0 Å². The Kier molecular flexibility index (Phi) is 17.3. The average molecular weight is 329 g/mol. The molecule has 0 rings (SSSR count). The highest BCUT2D eigenvalue weighted by atomic mass is 16.5. The van der Waals surface area contributed by atoms with E-state index >= 15 is 0 Å². The molecule has 0 radical (unpaired) electrons. The normalized spacial score (nSPS) is 12.3. The zero-order valence-electron chi connectivity index (χ0n) is 15.7. The number of esters is 1. The third-order valence-corrected chi connectivity index (χ3v) is 4.35. The van der Waals surface area contributed by atoms with Crippen molar-refractivity contribution in [1.29, 1.82) is 0 Å². The molecule has 1 atom stereocenters. The summed E-state index contributed by atoms with van der Waals surface area (Å²) in [6, 6.07) is 0. The van der Waals surface area contributed by atoms with Gasteiger partial charge in [0.25, 0.3) is 0 Å². The van der Waals surface area contributed by atoms with Crippen molar-refractivity contribution in [3.63, 3.8) is 0 Å². The quantitative estimate of drug-likeness (QED) is 0.272. The summed E-state index contributed by atoms with van der Waals surface area (Å²) >= 11 is 0. The number of hydrogen-bond acceptors (Lipinski definition) is 3. The van der Waals surface area contributed by atoms with Crippen molar-refractivity contribution in [2.24, 2.45) is 0 Å². The second kappa shape index (κ2) is 17.8. The molecule has 23 heavy (non-hydrogen) atoms. The molecular formula is C20H40O3. The molecule has 0 aliphatic heterocycles. The maximum atomic E-state index is 11.2. The fourth-order valence-corrected chi connectivity index (χ4v) is 2.91. The van der Waals surface area contributed by atoms with E-state index in [1.165, 1.54) is 70.6 Å². The molecule has 138 valence electrons. The van der Waals surface area contributed by atoms with E-state index in [-0.39, 0.29) is 12.4 Å². The molecule has 3 nitrogen and oxygen atoms in total. The molecule has 0 aromatic rings. The van der Waals surface area contributed by atoms with Crippen molar-refractivity contribution in [1.82, 2.24) is 0 Å². The van der Waals surface area contributed by atoms with Crippen LogP contribution in [0.3, 0.4) is 0 Å². The van der Waals surface area contributed by atoms with Gasteiger partial charge in [-0.1, -0.05) is 90.4 Å². The summed E-state index contributed by atoms with van der Waals surface area (Å²) in [6.45, 7) is 4.45. The van der Waals surface area contributed by atoms with Crippen LogP contribution in [0.2, 0.25) is 0 Å². The predicted molar refractivity (Wildman–Crippen MR) is 97.6 cm³/mol. The van der Waals surface area contributed by atoms with Crippen molar-refractivity contribution in [2.45, 2.75) is 116 Å². The van der Waals surface area contributed by atoms with Gasteiger partial charge in [-0.15, -0.1) is 0 Å². The summed E-state index contributed by atoms with van der Waals surface area (Å²) in [6.07, 6.45) is 17.6. The second-order valence-corrected chi connectivity index (χ2v) is 6.69. The van der Waals surface area contributed by atoms with E-state index in [9.17, 15) is 9.90 Å². The lowest BCUT2D eigenvalue weighted by atomic mass is 10.0. The highest BCUT2D eigenvalue weighted by molar-refractivity contribution is 5.69. The van der Waals surface area contributed by atoms with Crippen molar-refractivity contribution < 1.29 is 14.6 Å². The standard InChI is InChI=1S/C20H40O3/c1-3-5-6-7-8-9-10-11-12-13-14-15-16-17-19(21)18-20(22)23-4-2/h19,21H,3-18H2,1-2H3. The minimum Gasteiger partial charge on any atom is -0.466 e. The number of carbonyl (C=O) groups is 1. The van der Waals surface area contributed by atoms with Gasteiger partial charge in [0.1, 0.15) is 0 Å². The monoisotopic (exact) mass is 328 g/mol. The molecule has 0 bridgehead atoms. The molecule has 0 aliphatic carbocycles. The Morgan fingerprint density at radius 2 is 1.22 bits per heavy atom. The molecule has 0 aromatic carbocycles. The van der Waals surface area contributed by atoms with Crippen molar-refractivity contribution in [3.8, 4) is 0 Å². The van der Waals surface area contributed by atoms with Gasteiger partial charge in [0, 0.05) is 0 Å². The van der Waals surface area contributed by atoms with Gasteiger partial charge in [-0.3, -0.25) is 4.79 Å². The molecule has 3 heteroatoms. The first-order chi connectivity index (χ1) is 11.2. The van der Waals surface area contributed by atoms with Gasteiger partial charge in [0.15, 0.2) is 0 Å². The Hall–Kier alpha value is -0.570. The number of aliphatic hydroxyl groups excluding tert-OH is 1. The van der Waals surface area contributed by atoms with Crippen LogP contribution in [0, 0.1) is 0 Å². The average Bonchev–Trinajstić information content (AvgIpc) is 2.52. The van der Waals surface area contributed by atoms with Crippen molar-refractivity contribution in [3.05, 3.63) is 0 Å². The summed E-state index contributed by atoms with van der Waals surface area (Å²) in [7, 11) is 0. The second-order valence-electron chi connectivity index (χ2n) is 6.69. The number of carbonyl (C=O) groups excluding carboxylic acids is 1. The Morgan fingerprint density at radius 3 is 1.65 bits per heavy atom. The molecule has 0 aromatic heterocycles. The van der Waals surface area contributed by atoms with Gasteiger partial charge in [-0.05, 0) is 13.3 Å². The van der Waals surface area contributed by atoms with Crippen LogP contribution in [0.1, 0.15) is 110 Å². The van der Waals surface area contributed by atoms with Crippen LogP contribution in [-0.4, -0.2) is 23.8 Å². The van der Waals surface area contributed by atoms with Crippen molar-refractivity contribution >= 4 is 5.97 Å². The van der Waals surface area contributed by atoms with Crippen LogP contribution in [0.5, 0.6) is 0 Å². The molecule has 0 saturated carbocycles. The van der Waals surface area contributed by atoms with E-state index in [2.05, 4.69) is 6.92 Å². The highest BCUT2D eigenvalue weighted by Crippen LogP contribution is 2.14. The number of unbranched alkanes of at least 4 members (excludes halogenated alkanes) is 12. The summed E-state index contributed by atoms with van der Waals surface area (Å²) < 4.78 is 4.83. The maximum Gasteiger partial charge on any atom is 0.308 e. The molecule has 0 spiro atoms. The lowest BCUT2D eigenvalue weighted by Crippen LogP contribution is -2.15. The van der Waals surface area contributed by atoms with E-state index in [1.54, 1.807) is 6.92 Å². The number of hydrogen-bond donors (Lipinski definition) is 1. The Balaban J connectivity index is 3.17. The lowest BCUT2D eigenvalue weighted by molar-refractivity contribution is -0.145. The fraction of sp³-hybridized carbons (Fsp3) is 0.950. The first-order valence-corrected chi connectivity index (χ1v) is 10.0. The minimum atomic E-state index is -0.526. The van der Waals surface area contributed by atoms with Crippen molar-refractivity contribution in [2.75, 3.05) is 6.61 Å². The smallest absolute Gasteiger partial charge is 0.308 e. The summed E-state index contributed by atoms with van der Waals surface area (Å²) in [5.41, 5.74) is 0. The first kappa shape index (κ1) is 22.4. The van der Waals surface area contributed by atoms with Crippen LogP contribution < -0.4 is 0 Å². The zero-order valence-corrected chi connectivity index (χ0v) is 15.7. The molecular weight excluding hydrogens is 288 g/mol. The summed E-state index contributed by atoms with van der Waals surface area (Å²) in [5.74, 6) is -0.283. The molecule has 1 unspecified atom stereocenters. The predicted octanol–water partition coefficient (Wildman–Crippen LogP) is 5.78. The summed E-state index contributed by atoms with van der Waals surface area (Å²) in [4.78, 5) is 11.2. The molecule has 0 aliphatic rings. The largest absolute Gasteiger partial charge is 0.466 e. The summed E-state index contributed by atoms with van der Waals surface area (Å²) in [5, 5.41) is 9.72. The fourth-order valence-electron chi connectivity index (χ4n) is 2.91. The van der Waals surface area contributed by atoms with Gasteiger partial charge < -0.3 is 9.84 Å². The minimum absolute atomic E-state index is 0.145. The van der Waals surface area contributed by atoms with Crippen LogP contribution in [0.15, 0.2) is 0 Å². The van der Waals surface area contributed by atoms with Gasteiger partial charge in [0.05, 0.1) is 19.1 Å². The van der Waals surface area contributed by atoms with Gasteiger partial charge in [-0.25, -0.2) is 0 Å². The number of rotatable bonds is 17. The Morgan fingerprint density at radius 1 is 0.783 bits per heavy atom. The maximum absolute atomic E-state index is 11.2. The number of ether oxygens (including phenoxy) is 1. The third-order valence-electron chi connectivity index (χ3n) is 4.35. The van der Waals surface area contributed by atoms with Crippen LogP contribution >= 0.6 is 0 Å². The SMILES string of the molecule is CCCCCCCCCCCCCCCC(O)CC(=O)OCC.